The van der Waals surface area contributed by atoms with Gasteiger partial charge in [0, 0.05) is 12.6 Å². The van der Waals surface area contributed by atoms with E-state index in [-0.39, 0.29) is 18.4 Å². The summed E-state index contributed by atoms with van der Waals surface area (Å²) < 4.78 is 0. The second-order valence-corrected chi connectivity index (χ2v) is 5.12. The van der Waals surface area contributed by atoms with E-state index in [1.807, 2.05) is 18.2 Å². The second kappa shape index (κ2) is 4.75. The van der Waals surface area contributed by atoms with Gasteiger partial charge in [-0.25, -0.2) is 4.90 Å². The number of anilines is 1. The first-order valence-corrected chi connectivity index (χ1v) is 6.60. The largest absolute Gasteiger partial charge is 0.326 e. The summed E-state index contributed by atoms with van der Waals surface area (Å²) in [6, 6.07) is 6.05. The molecule has 1 aromatic rings. The van der Waals surface area contributed by atoms with Gasteiger partial charge < -0.3 is 11.1 Å². The van der Waals surface area contributed by atoms with Crippen LogP contribution in [-0.4, -0.2) is 24.4 Å². The van der Waals surface area contributed by atoms with Crippen molar-refractivity contribution < 1.29 is 9.59 Å². The monoisotopic (exact) mass is 259 g/mol. The van der Waals surface area contributed by atoms with E-state index < -0.39 is 0 Å². The lowest BCUT2D eigenvalue weighted by molar-refractivity contribution is -0.125. The van der Waals surface area contributed by atoms with E-state index in [1.54, 1.807) is 0 Å². The molecule has 19 heavy (non-hydrogen) atoms. The van der Waals surface area contributed by atoms with Gasteiger partial charge in [0.05, 0.1) is 18.7 Å². The molecule has 1 aliphatic carbocycles. The van der Waals surface area contributed by atoms with Crippen LogP contribution >= 0.6 is 0 Å². The molecule has 3 N–H and O–H groups in total. The lowest BCUT2D eigenvalue weighted by Crippen LogP contribution is -2.40. The minimum absolute atomic E-state index is 0.147. The van der Waals surface area contributed by atoms with E-state index in [0.717, 1.165) is 24.0 Å². The zero-order valence-electron chi connectivity index (χ0n) is 10.7. The number of carbonyl (C=O) groups excluding carboxylic acids is 2. The molecule has 0 spiro atoms. The van der Waals surface area contributed by atoms with E-state index >= 15 is 0 Å². The number of nitrogens with zero attached hydrogens (tertiary/aromatic N) is 1. The number of hydrogen-bond donors (Lipinski definition) is 2. The van der Waals surface area contributed by atoms with E-state index in [2.05, 4.69) is 5.32 Å². The Morgan fingerprint density at radius 2 is 2.21 bits per heavy atom. The molecule has 0 atom stereocenters. The van der Waals surface area contributed by atoms with Crippen molar-refractivity contribution in [1.29, 1.82) is 0 Å². The number of rotatable bonds is 4. The van der Waals surface area contributed by atoms with Crippen molar-refractivity contribution in [3.05, 3.63) is 29.3 Å². The average Bonchev–Trinajstić information content (AvgIpc) is 3.17. The summed E-state index contributed by atoms with van der Waals surface area (Å²) in [5.74, 6) is -0.317. The highest BCUT2D eigenvalue weighted by molar-refractivity contribution is 6.19. The molecule has 0 saturated heterocycles. The highest BCUT2D eigenvalue weighted by Gasteiger charge is 2.33. The number of nitrogens with one attached hydrogen (secondary N) is 1. The van der Waals surface area contributed by atoms with Crippen LogP contribution in [0.2, 0.25) is 0 Å². The van der Waals surface area contributed by atoms with E-state index in [4.69, 9.17) is 5.73 Å². The van der Waals surface area contributed by atoms with Crippen LogP contribution in [0.3, 0.4) is 0 Å². The Bertz CT molecular complexity index is 537. The molecule has 0 aromatic heterocycles. The minimum Gasteiger partial charge on any atom is -0.326 e. The van der Waals surface area contributed by atoms with Crippen molar-refractivity contribution in [3.8, 4) is 0 Å². The standard InChI is InChI=1S/C14H17N3O2/c15-7-9-1-4-12-10(5-9)6-13(18)17(12)14(19)8-16-11-2-3-11/h1,4-5,11,16H,2-3,6-8,15H2. The quantitative estimate of drug-likeness (QED) is 0.816. The molecule has 0 unspecified atom stereocenters. The van der Waals surface area contributed by atoms with Gasteiger partial charge >= 0.3 is 0 Å². The van der Waals surface area contributed by atoms with Crippen LogP contribution in [0.4, 0.5) is 5.69 Å². The third-order valence-corrected chi connectivity index (χ3v) is 3.58. The Morgan fingerprint density at radius 3 is 2.89 bits per heavy atom. The second-order valence-electron chi connectivity index (χ2n) is 5.12. The fourth-order valence-electron chi connectivity index (χ4n) is 2.37. The molecule has 1 heterocycles. The maximum absolute atomic E-state index is 12.1. The zero-order chi connectivity index (χ0) is 13.4. The van der Waals surface area contributed by atoms with E-state index in [0.29, 0.717) is 24.7 Å². The number of carbonyl (C=O) groups is 2. The summed E-state index contributed by atoms with van der Waals surface area (Å²) in [4.78, 5) is 25.4. The van der Waals surface area contributed by atoms with Gasteiger partial charge in [-0.3, -0.25) is 9.59 Å². The predicted octanol–water partition coefficient (Wildman–Crippen LogP) is 0.313. The van der Waals surface area contributed by atoms with Crippen molar-refractivity contribution >= 4 is 17.5 Å². The lowest BCUT2D eigenvalue weighted by Gasteiger charge is -2.16. The van der Waals surface area contributed by atoms with Gasteiger partial charge in [-0.1, -0.05) is 12.1 Å². The minimum atomic E-state index is -0.170. The van der Waals surface area contributed by atoms with Gasteiger partial charge in [-0.05, 0) is 30.0 Å². The highest BCUT2D eigenvalue weighted by atomic mass is 16.2. The lowest BCUT2D eigenvalue weighted by atomic mass is 10.1. The third-order valence-electron chi connectivity index (χ3n) is 3.58. The molecule has 1 fully saturated rings. The molecule has 1 aliphatic heterocycles. The van der Waals surface area contributed by atoms with Gasteiger partial charge in [0.1, 0.15) is 0 Å². The molecule has 1 saturated carbocycles. The SMILES string of the molecule is NCc1ccc2c(c1)CC(=O)N2C(=O)CNC1CC1. The highest BCUT2D eigenvalue weighted by Crippen LogP contribution is 2.30. The van der Waals surface area contributed by atoms with Crippen LogP contribution in [-0.2, 0) is 22.6 Å². The Labute approximate surface area is 111 Å². The van der Waals surface area contributed by atoms with Crippen molar-refractivity contribution in [3.63, 3.8) is 0 Å². The first kappa shape index (κ1) is 12.3. The molecule has 5 heteroatoms. The first-order chi connectivity index (χ1) is 9.19. The molecule has 5 nitrogen and oxygen atoms in total. The topological polar surface area (TPSA) is 75.4 Å². The smallest absolute Gasteiger partial charge is 0.247 e. The molecular formula is C14H17N3O2. The van der Waals surface area contributed by atoms with Gasteiger partial charge in [-0.15, -0.1) is 0 Å². The normalized spacial score (nSPS) is 17.7. The number of benzene rings is 1. The predicted molar refractivity (Wildman–Crippen MR) is 71.6 cm³/mol. The number of nitrogens with two attached hydrogens (primary N) is 1. The van der Waals surface area contributed by atoms with Crippen molar-refractivity contribution in [1.82, 2.24) is 5.32 Å². The third kappa shape index (κ3) is 2.39. The van der Waals surface area contributed by atoms with Crippen molar-refractivity contribution in [2.75, 3.05) is 11.4 Å². The van der Waals surface area contributed by atoms with E-state index in [9.17, 15) is 9.59 Å². The van der Waals surface area contributed by atoms with Gasteiger partial charge in [0.2, 0.25) is 11.8 Å². The molecular weight excluding hydrogens is 242 g/mol. The van der Waals surface area contributed by atoms with Gasteiger partial charge in [0.25, 0.3) is 0 Å². The summed E-state index contributed by atoms with van der Waals surface area (Å²) >= 11 is 0. The molecule has 0 radical (unpaired) electrons. The molecule has 3 rings (SSSR count). The molecule has 2 amide bonds. The van der Waals surface area contributed by atoms with Crippen LogP contribution in [0.25, 0.3) is 0 Å². The Morgan fingerprint density at radius 1 is 1.42 bits per heavy atom. The van der Waals surface area contributed by atoms with Crippen LogP contribution in [0.1, 0.15) is 24.0 Å². The average molecular weight is 259 g/mol. The zero-order valence-corrected chi connectivity index (χ0v) is 10.7. The summed E-state index contributed by atoms with van der Waals surface area (Å²) in [6.07, 6.45) is 2.54. The Kier molecular flexibility index (Phi) is 3.08. The fourth-order valence-corrected chi connectivity index (χ4v) is 2.37. The summed E-state index contributed by atoms with van der Waals surface area (Å²) in [5.41, 5.74) is 8.18. The Balaban J connectivity index is 1.78. The van der Waals surface area contributed by atoms with Crippen LogP contribution < -0.4 is 16.0 Å². The van der Waals surface area contributed by atoms with Crippen LogP contribution in [0, 0.1) is 0 Å². The molecule has 2 aliphatic rings. The fraction of sp³-hybridized carbons (Fsp3) is 0.429. The number of fused-ring (bicyclic) bond motifs is 1. The maximum atomic E-state index is 12.1. The number of imide groups is 1. The number of hydrogen-bond acceptors (Lipinski definition) is 4. The maximum Gasteiger partial charge on any atom is 0.247 e. The van der Waals surface area contributed by atoms with E-state index in [1.165, 1.54) is 4.90 Å². The molecule has 0 bridgehead atoms. The van der Waals surface area contributed by atoms with Crippen molar-refractivity contribution in [2.24, 2.45) is 5.73 Å². The van der Waals surface area contributed by atoms with Crippen molar-refractivity contribution in [2.45, 2.75) is 31.8 Å². The number of amides is 2. The summed E-state index contributed by atoms with van der Waals surface area (Å²) in [6.45, 7) is 0.674. The van der Waals surface area contributed by atoms with Gasteiger partial charge in [-0.2, -0.15) is 0 Å². The van der Waals surface area contributed by atoms with Gasteiger partial charge in [0.15, 0.2) is 0 Å². The Hall–Kier alpha value is -1.72. The summed E-state index contributed by atoms with van der Waals surface area (Å²) in [7, 11) is 0. The van der Waals surface area contributed by atoms with Crippen LogP contribution in [0.15, 0.2) is 18.2 Å². The first-order valence-electron chi connectivity index (χ1n) is 6.60. The van der Waals surface area contributed by atoms with Crippen LogP contribution in [0.5, 0.6) is 0 Å². The summed E-state index contributed by atoms with van der Waals surface area (Å²) in [5, 5.41) is 3.14. The molecule has 1 aromatic carbocycles. The molecule has 100 valence electrons.